The Bertz CT molecular complexity index is 1130. The summed E-state index contributed by atoms with van der Waals surface area (Å²) in [5.41, 5.74) is 12.6. The lowest BCUT2D eigenvalue weighted by Gasteiger charge is -2.28. The summed E-state index contributed by atoms with van der Waals surface area (Å²) in [6.07, 6.45) is -0.142. The SMILES string of the molecule is N[C@@H](Cc1ccccc1)[C@@H](O)CN(Cc1ccc(-c2ccccn2)cc1)NC(=O)O[C@@H]1CCOC1=O. The van der Waals surface area contributed by atoms with Gasteiger partial charge in [0.2, 0.25) is 6.10 Å². The van der Waals surface area contributed by atoms with Crippen LogP contribution >= 0.6 is 0 Å². The molecule has 2 aromatic carbocycles. The van der Waals surface area contributed by atoms with Crippen molar-refractivity contribution < 1.29 is 24.2 Å². The number of hydrogen-bond acceptors (Lipinski definition) is 8. The highest BCUT2D eigenvalue weighted by atomic mass is 16.6. The number of cyclic esters (lactones) is 1. The highest BCUT2D eigenvalue weighted by Crippen LogP contribution is 2.18. The second-order valence-electron chi connectivity index (χ2n) is 8.68. The standard InChI is InChI=1S/C27H30N4O5/c28-22(16-19-6-2-1-3-7-19)24(32)18-31(30-27(34)36-25-13-15-35-26(25)33)17-20-9-11-21(12-10-20)23-8-4-5-14-29-23/h1-12,14,22,24-25,32H,13,15-18,28H2,(H,30,34)/t22-,24-,25+/m0/s1. The number of ether oxygens (including phenoxy) is 2. The summed E-state index contributed by atoms with van der Waals surface area (Å²) in [5, 5.41) is 12.4. The number of benzene rings is 2. The van der Waals surface area contributed by atoms with Crippen LogP contribution in [0.3, 0.4) is 0 Å². The average Bonchev–Trinajstić information content (AvgIpc) is 3.29. The van der Waals surface area contributed by atoms with Crippen molar-refractivity contribution in [3.63, 3.8) is 0 Å². The van der Waals surface area contributed by atoms with Gasteiger partial charge in [0.15, 0.2) is 0 Å². The first-order chi connectivity index (χ1) is 17.5. The Hall–Kier alpha value is -3.79. The lowest BCUT2D eigenvalue weighted by atomic mass is 10.0. The van der Waals surface area contributed by atoms with Crippen LogP contribution in [-0.4, -0.2) is 58.6 Å². The molecule has 1 aliphatic heterocycles. The Kier molecular flexibility index (Phi) is 8.62. The Labute approximate surface area is 209 Å². The van der Waals surface area contributed by atoms with Crippen LogP contribution in [0, 0.1) is 0 Å². The summed E-state index contributed by atoms with van der Waals surface area (Å²) in [5.74, 6) is -0.563. The molecule has 0 spiro atoms. The first-order valence-corrected chi connectivity index (χ1v) is 11.8. The van der Waals surface area contributed by atoms with Crippen LogP contribution in [0.15, 0.2) is 79.0 Å². The van der Waals surface area contributed by atoms with E-state index >= 15 is 0 Å². The summed E-state index contributed by atoms with van der Waals surface area (Å²) >= 11 is 0. The van der Waals surface area contributed by atoms with Gasteiger partial charge in [-0.2, -0.15) is 0 Å². The summed E-state index contributed by atoms with van der Waals surface area (Å²) in [6, 6.07) is 22.6. The van der Waals surface area contributed by atoms with Crippen LogP contribution in [0.1, 0.15) is 17.5 Å². The molecule has 36 heavy (non-hydrogen) atoms. The highest BCUT2D eigenvalue weighted by molar-refractivity contribution is 5.80. The first-order valence-electron chi connectivity index (χ1n) is 11.8. The molecule has 9 nitrogen and oxygen atoms in total. The van der Waals surface area contributed by atoms with E-state index in [1.54, 1.807) is 6.20 Å². The molecule has 0 radical (unpaired) electrons. The molecule has 1 amide bonds. The molecule has 0 saturated carbocycles. The fraction of sp³-hybridized carbons (Fsp3) is 0.296. The largest absolute Gasteiger partial charge is 0.463 e. The van der Waals surface area contributed by atoms with Crippen molar-refractivity contribution in [2.75, 3.05) is 13.2 Å². The van der Waals surface area contributed by atoms with Crippen LogP contribution in [0.5, 0.6) is 0 Å². The minimum Gasteiger partial charge on any atom is -0.463 e. The Morgan fingerprint density at radius 2 is 1.86 bits per heavy atom. The molecule has 0 aliphatic carbocycles. The molecule has 4 N–H and O–H groups in total. The molecule has 1 saturated heterocycles. The van der Waals surface area contributed by atoms with Gasteiger partial charge in [-0.05, 0) is 29.7 Å². The zero-order valence-electron chi connectivity index (χ0n) is 19.8. The van der Waals surface area contributed by atoms with Gasteiger partial charge in [0.25, 0.3) is 0 Å². The molecule has 1 aliphatic rings. The monoisotopic (exact) mass is 490 g/mol. The third-order valence-electron chi connectivity index (χ3n) is 5.89. The van der Waals surface area contributed by atoms with Crippen molar-refractivity contribution in [1.29, 1.82) is 0 Å². The molecule has 1 aromatic heterocycles. The zero-order valence-corrected chi connectivity index (χ0v) is 19.8. The number of hydrogen-bond donors (Lipinski definition) is 3. The lowest BCUT2D eigenvalue weighted by molar-refractivity contribution is -0.144. The quantitative estimate of drug-likeness (QED) is 0.292. The molecule has 2 heterocycles. The summed E-state index contributed by atoms with van der Waals surface area (Å²) in [4.78, 5) is 28.6. The number of carbonyl (C=O) groups is 2. The Balaban J connectivity index is 1.42. The first kappa shape index (κ1) is 25.3. The van der Waals surface area contributed by atoms with Gasteiger partial charge in [0, 0.05) is 37.3 Å². The number of hydrazine groups is 1. The molecule has 3 atom stereocenters. The van der Waals surface area contributed by atoms with Gasteiger partial charge in [-0.3, -0.25) is 10.4 Å². The molecular formula is C27H30N4O5. The number of nitrogens with one attached hydrogen (secondary N) is 1. The lowest BCUT2D eigenvalue weighted by Crippen LogP contribution is -2.51. The van der Waals surface area contributed by atoms with Gasteiger partial charge in [-0.25, -0.2) is 14.6 Å². The molecule has 4 rings (SSSR count). The van der Waals surface area contributed by atoms with Gasteiger partial charge >= 0.3 is 12.1 Å². The minimum atomic E-state index is -0.935. The predicted octanol–water partition coefficient (Wildman–Crippen LogP) is 2.44. The number of pyridine rings is 1. The van der Waals surface area contributed by atoms with Crippen LogP contribution in [-0.2, 0) is 27.2 Å². The van der Waals surface area contributed by atoms with E-state index in [1.165, 1.54) is 5.01 Å². The topological polar surface area (TPSA) is 127 Å². The van der Waals surface area contributed by atoms with Crippen molar-refractivity contribution in [3.05, 3.63) is 90.1 Å². The van der Waals surface area contributed by atoms with E-state index < -0.39 is 30.3 Å². The highest BCUT2D eigenvalue weighted by Gasteiger charge is 2.31. The van der Waals surface area contributed by atoms with Gasteiger partial charge < -0.3 is 20.3 Å². The molecule has 0 bridgehead atoms. The maximum absolute atomic E-state index is 12.5. The number of nitrogens with zero attached hydrogens (tertiary/aromatic N) is 2. The summed E-state index contributed by atoms with van der Waals surface area (Å²) in [7, 11) is 0. The van der Waals surface area contributed by atoms with E-state index in [0.717, 1.165) is 22.4 Å². The number of esters is 1. The van der Waals surface area contributed by atoms with Gasteiger partial charge in [0.05, 0.1) is 18.4 Å². The number of aliphatic hydroxyl groups excluding tert-OH is 1. The van der Waals surface area contributed by atoms with E-state index in [0.29, 0.717) is 12.8 Å². The van der Waals surface area contributed by atoms with Crippen molar-refractivity contribution in [3.8, 4) is 11.3 Å². The number of rotatable bonds is 10. The van der Waals surface area contributed by atoms with Crippen LogP contribution in [0.2, 0.25) is 0 Å². The fourth-order valence-electron chi connectivity index (χ4n) is 3.94. The summed E-state index contributed by atoms with van der Waals surface area (Å²) in [6.45, 7) is 0.554. The van der Waals surface area contributed by atoms with Gasteiger partial charge in [-0.15, -0.1) is 0 Å². The maximum Gasteiger partial charge on any atom is 0.422 e. The zero-order chi connectivity index (χ0) is 25.3. The van der Waals surface area contributed by atoms with Crippen LogP contribution in [0.4, 0.5) is 4.79 Å². The molecule has 3 aromatic rings. The number of aliphatic hydroxyl groups is 1. The van der Waals surface area contributed by atoms with E-state index in [-0.39, 0.29) is 19.7 Å². The van der Waals surface area contributed by atoms with Gasteiger partial charge in [0.1, 0.15) is 0 Å². The number of carbonyl (C=O) groups excluding carboxylic acids is 2. The fourth-order valence-corrected chi connectivity index (χ4v) is 3.94. The molecule has 0 unspecified atom stereocenters. The number of nitrogens with two attached hydrogens (primary N) is 1. The van der Waals surface area contributed by atoms with Crippen LogP contribution in [0.25, 0.3) is 11.3 Å². The van der Waals surface area contributed by atoms with Gasteiger partial charge in [-0.1, -0.05) is 60.7 Å². The van der Waals surface area contributed by atoms with E-state index in [1.807, 2.05) is 72.8 Å². The third kappa shape index (κ3) is 7.11. The molecule has 1 fully saturated rings. The normalized spacial score (nSPS) is 16.9. The Morgan fingerprint density at radius 3 is 2.53 bits per heavy atom. The van der Waals surface area contributed by atoms with Crippen molar-refractivity contribution >= 4 is 12.1 Å². The molecule has 9 heteroatoms. The molecule has 188 valence electrons. The maximum atomic E-state index is 12.5. The Morgan fingerprint density at radius 1 is 1.11 bits per heavy atom. The predicted molar refractivity (Wildman–Crippen MR) is 133 cm³/mol. The van der Waals surface area contributed by atoms with E-state index in [4.69, 9.17) is 15.2 Å². The van der Waals surface area contributed by atoms with E-state index in [9.17, 15) is 14.7 Å². The van der Waals surface area contributed by atoms with Crippen LogP contribution < -0.4 is 11.2 Å². The second-order valence-corrected chi connectivity index (χ2v) is 8.68. The third-order valence-corrected chi connectivity index (χ3v) is 5.89. The van der Waals surface area contributed by atoms with Crippen molar-refractivity contribution in [2.45, 2.75) is 37.6 Å². The summed E-state index contributed by atoms with van der Waals surface area (Å²) < 4.78 is 10.1. The van der Waals surface area contributed by atoms with Crippen molar-refractivity contribution in [2.24, 2.45) is 5.73 Å². The number of aromatic nitrogens is 1. The smallest absolute Gasteiger partial charge is 0.422 e. The minimum absolute atomic E-state index is 0.0558. The molecular weight excluding hydrogens is 460 g/mol. The van der Waals surface area contributed by atoms with Crippen molar-refractivity contribution in [1.82, 2.24) is 15.4 Å². The average molecular weight is 491 g/mol. The van der Waals surface area contributed by atoms with E-state index in [2.05, 4.69) is 10.4 Å². The second kappa shape index (κ2) is 12.3. The number of amides is 1.